The molecule has 4 aliphatic rings. The number of aromatic hydroxyl groups is 1. The van der Waals surface area contributed by atoms with Crippen LogP contribution in [0.3, 0.4) is 0 Å². The lowest BCUT2D eigenvalue weighted by molar-refractivity contribution is -0.0485. The van der Waals surface area contributed by atoms with Crippen LogP contribution in [0.4, 0.5) is 0 Å². The molecule has 5 rings (SSSR count). The van der Waals surface area contributed by atoms with E-state index in [1.165, 1.54) is 69.8 Å². The van der Waals surface area contributed by atoms with Gasteiger partial charge in [0.05, 0.1) is 0 Å². The number of phenolic OH excluding ortho intramolecular Hbond substituents is 1. The van der Waals surface area contributed by atoms with E-state index >= 15 is 0 Å². The average Bonchev–Trinajstić information content (AvgIpc) is 3.22. The molecule has 5 atom stereocenters. The fraction of sp³-hybridized carbons (Fsp3) is 0.750. The standard InChI is InChI=1S/C24H34O/c1-23(17-5-3-4-6-17)14-12-22-21-9-7-16-15-18(25)8-10-19(16)20(21)11-13-24(22,23)2/h8,10,15,17,20-22,25H,3-7,9,11-14H2,1-2H3/t20-,21-,22+,23-,24+/m1/s1. The summed E-state index contributed by atoms with van der Waals surface area (Å²) in [5, 5.41) is 9.87. The van der Waals surface area contributed by atoms with E-state index < -0.39 is 0 Å². The molecular formula is C24H34O. The molecule has 25 heavy (non-hydrogen) atoms. The van der Waals surface area contributed by atoms with Gasteiger partial charge >= 0.3 is 0 Å². The highest BCUT2D eigenvalue weighted by molar-refractivity contribution is 5.40. The lowest BCUT2D eigenvalue weighted by atomic mass is 9.49. The monoisotopic (exact) mass is 338 g/mol. The van der Waals surface area contributed by atoms with Gasteiger partial charge in [-0.3, -0.25) is 0 Å². The van der Waals surface area contributed by atoms with Gasteiger partial charge in [-0.15, -0.1) is 0 Å². The van der Waals surface area contributed by atoms with E-state index in [1.54, 1.807) is 5.56 Å². The number of benzene rings is 1. The molecule has 1 aromatic carbocycles. The highest BCUT2D eigenvalue weighted by Crippen LogP contribution is 2.70. The molecule has 3 fully saturated rings. The average molecular weight is 339 g/mol. The summed E-state index contributed by atoms with van der Waals surface area (Å²) < 4.78 is 0. The second-order valence-electron chi connectivity index (χ2n) is 10.2. The molecule has 3 saturated carbocycles. The molecule has 0 radical (unpaired) electrons. The van der Waals surface area contributed by atoms with Crippen molar-refractivity contribution >= 4 is 0 Å². The molecule has 0 aromatic heterocycles. The van der Waals surface area contributed by atoms with Crippen molar-refractivity contribution in [3.63, 3.8) is 0 Å². The Balaban J connectivity index is 1.48. The minimum absolute atomic E-state index is 0.451. The van der Waals surface area contributed by atoms with Crippen molar-refractivity contribution in [2.45, 2.75) is 84.0 Å². The Kier molecular flexibility index (Phi) is 3.57. The predicted molar refractivity (Wildman–Crippen MR) is 103 cm³/mol. The molecule has 1 heteroatoms. The zero-order valence-corrected chi connectivity index (χ0v) is 16.1. The summed E-state index contributed by atoms with van der Waals surface area (Å²) >= 11 is 0. The van der Waals surface area contributed by atoms with Crippen molar-refractivity contribution in [3.05, 3.63) is 29.3 Å². The van der Waals surface area contributed by atoms with Gasteiger partial charge in [0, 0.05) is 0 Å². The van der Waals surface area contributed by atoms with E-state index in [1.807, 2.05) is 12.1 Å². The van der Waals surface area contributed by atoms with Crippen LogP contribution in [0.15, 0.2) is 18.2 Å². The summed E-state index contributed by atoms with van der Waals surface area (Å²) in [6.45, 7) is 5.36. The van der Waals surface area contributed by atoms with Crippen LogP contribution in [0.1, 0.15) is 88.7 Å². The van der Waals surface area contributed by atoms with Gasteiger partial charge in [0.1, 0.15) is 5.75 Å². The Morgan fingerprint density at radius 2 is 1.68 bits per heavy atom. The molecule has 4 aliphatic carbocycles. The first-order valence-corrected chi connectivity index (χ1v) is 10.8. The molecule has 0 unspecified atom stereocenters. The lowest BCUT2D eigenvalue weighted by Crippen LogP contribution is -2.48. The van der Waals surface area contributed by atoms with Gasteiger partial charge in [-0.25, -0.2) is 0 Å². The molecule has 0 aliphatic heterocycles. The highest BCUT2D eigenvalue weighted by Gasteiger charge is 2.61. The Morgan fingerprint density at radius 3 is 2.48 bits per heavy atom. The summed E-state index contributed by atoms with van der Waals surface area (Å²) in [6, 6.07) is 6.21. The van der Waals surface area contributed by atoms with Crippen molar-refractivity contribution in [2.75, 3.05) is 0 Å². The summed E-state index contributed by atoms with van der Waals surface area (Å²) in [5.41, 5.74) is 4.17. The van der Waals surface area contributed by atoms with Crippen molar-refractivity contribution in [2.24, 2.45) is 28.6 Å². The largest absolute Gasteiger partial charge is 0.508 e. The molecule has 0 bridgehead atoms. The first-order valence-electron chi connectivity index (χ1n) is 10.8. The van der Waals surface area contributed by atoms with E-state index in [-0.39, 0.29) is 0 Å². The number of aryl methyl sites for hydroxylation is 1. The fourth-order valence-corrected chi connectivity index (χ4v) is 8.10. The Hall–Kier alpha value is -0.980. The molecule has 1 N–H and O–H groups in total. The Bertz CT molecular complexity index is 673. The molecule has 1 aromatic rings. The maximum absolute atomic E-state index is 9.87. The first kappa shape index (κ1) is 16.2. The quantitative estimate of drug-likeness (QED) is 0.624. The van der Waals surface area contributed by atoms with E-state index in [2.05, 4.69) is 19.9 Å². The van der Waals surface area contributed by atoms with Gasteiger partial charge in [0.25, 0.3) is 0 Å². The van der Waals surface area contributed by atoms with Crippen molar-refractivity contribution in [3.8, 4) is 5.75 Å². The van der Waals surface area contributed by atoms with Gasteiger partial charge in [0.15, 0.2) is 0 Å². The summed E-state index contributed by atoms with van der Waals surface area (Å²) in [4.78, 5) is 0. The van der Waals surface area contributed by atoms with Crippen LogP contribution < -0.4 is 0 Å². The maximum atomic E-state index is 9.87. The van der Waals surface area contributed by atoms with Crippen molar-refractivity contribution < 1.29 is 5.11 Å². The van der Waals surface area contributed by atoms with Crippen LogP contribution in [0.5, 0.6) is 5.75 Å². The molecule has 0 amide bonds. The minimum atomic E-state index is 0.451. The van der Waals surface area contributed by atoms with Crippen LogP contribution in [-0.2, 0) is 6.42 Å². The van der Waals surface area contributed by atoms with Gasteiger partial charge in [-0.05, 0) is 109 Å². The third kappa shape index (κ3) is 2.14. The van der Waals surface area contributed by atoms with Gasteiger partial charge < -0.3 is 5.11 Å². The Morgan fingerprint density at radius 1 is 0.920 bits per heavy atom. The lowest BCUT2D eigenvalue weighted by Gasteiger charge is -2.56. The minimum Gasteiger partial charge on any atom is -0.508 e. The molecule has 0 spiro atoms. The third-order valence-corrected chi connectivity index (χ3v) is 9.64. The van der Waals surface area contributed by atoms with Crippen molar-refractivity contribution in [1.82, 2.24) is 0 Å². The second kappa shape index (κ2) is 5.51. The summed E-state index contributed by atoms with van der Waals surface area (Å²) in [7, 11) is 0. The van der Waals surface area contributed by atoms with Gasteiger partial charge in [-0.1, -0.05) is 32.8 Å². The predicted octanol–water partition coefficient (Wildman–Crippen LogP) is 6.44. The van der Waals surface area contributed by atoms with Crippen LogP contribution in [-0.4, -0.2) is 5.11 Å². The van der Waals surface area contributed by atoms with E-state index in [0.717, 1.165) is 23.7 Å². The molecule has 0 saturated heterocycles. The SMILES string of the molecule is C[C@]12CC[C@@H]3c4ccc(O)cc4CC[C@H]3[C@@H]1CC[C@]2(C)C1CCCC1. The van der Waals surface area contributed by atoms with Crippen molar-refractivity contribution in [1.29, 1.82) is 0 Å². The number of fused-ring (bicyclic) bond motifs is 5. The smallest absolute Gasteiger partial charge is 0.115 e. The number of phenols is 1. The number of hydrogen-bond acceptors (Lipinski definition) is 1. The highest BCUT2D eigenvalue weighted by atomic mass is 16.3. The Labute approximate surface area is 153 Å². The number of rotatable bonds is 1. The van der Waals surface area contributed by atoms with E-state index in [9.17, 15) is 5.11 Å². The van der Waals surface area contributed by atoms with Crippen LogP contribution in [0.2, 0.25) is 0 Å². The van der Waals surface area contributed by atoms with Gasteiger partial charge in [0.2, 0.25) is 0 Å². The second-order valence-corrected chi connectivity index (χ2v) is 10.2. The van der Waals surface area contributed by atoms with Crippen LogP contribution >= 0.6 is 0 Å². The normalized spacial score (nSPS) is 43.5. The van der Waals surface area contributed by atoms with Crippen LogP contribution in [0.25, 0.3) is 0 Å². The number of hydrogen-bond donors (Lipinski definition) is 1. The first-order chi connectivity index (χ1) is 12.0. The zero-order valence-electron chi connectivity index (χ0n) is 16.1. The zero-order chi connectivity index (χ0) is 17.2. The molecule has 1 nitrogen and oxygen atoms in total. The molecular weight excluding hydrogens is 304 g/mol. The molecule has 0 heterocycles. The topological polar surface area (TPSA) is 20.2 Å². The van der Waals surface area contributed by atoms with Crippen LogP contribution in [0, 0.1) is 28.6 Å². The fourth-order valence-electron chi connectivity index (χ4n) is 8.10. The van der Waals surface area contributed by atoms with Gasteiger partial charge in [-0.2, -0.15) is 0 Å². The summed E-state index contributed by atoms with van der Waals surface area (Å²) in [5.74, 6) is 4.02. The molecule has 136 valence electrons. The third-order valence-electron chi connectivity index (χ3n) is 9.64. The van der Waals surface area contributed by atoms with E-state index in [0.29, 0.717) is 16.6 Å². The maximum Gasteiger partial charge on any atom is 0.115 e. The summed E-state index contributed by atoms with van der Waals surface area (Å²) in [6.07, 6.45) is 14.2. The van der Waals surface area contributed by atoms with E-state index in [4.69, 9.17) is 0 Å².